The number of unbranched alkanes of at least 4 members (excludes halogenated alkanes) is 1. The summed E-state index contributed by atoms with van der Waals surface area (Å²) in [5, 5.41) is 9.16. The van der Waals surface area contributed by atoms with Gasteiger partial charge in [0.2, 0.25) is 10.0 Å². The van der Waals surface area contributed by atoms with Crippen LogP contribution < -0.4 is 15.1 Å². The molecule has 0 bridgehead atoms. The highest BCUT2D eigenvalue weighted by atomic mass is 35.5. The third-order valence-electron chi connectivity index (χ3n) is 5.84. The van der Waals surface area contributed by atoms with Crippen molar-refractivity contribution in [3.05, 3.63) is 24.3 Å². The smallest absolute Gasteiger partial charge is 0.266 e. The molecule has 176 valence electrons. The molecule has 2 aliphatic rings. The Bertz CT molecular complexity index is 824. The SMILES string of the molecule is CCCCOc1cccc(N2CCN(S(=O)(=O)C3(C(=O)NO)CCOCC3)CC2)c1.Cl. The van der Waals surface area contributed by atoms with Gasteiger partial charge >= 0.3 is 0 Å². The van der Waals surface area contributed by atoms with Crippen molar-refractivity contribution in [3.63, 3.8) is 0 Å². The molecule has 11 heteroatoms. The van der Waals surface area contributed by atoms with E-state index in [1.807, 2.05) is 24.3 Å². The maximum atomic E-state index is 13.4. The molecule has 0 unspecified atom stereocenters. The van der Waals surface area contributed by atoms with E-state index in [-0.39, 0.29) is 51.6 Å². The number of hydrogen-bond donors (Lipinski definition) is 2. The molecule has 1 amide bonds. The highest BCUT2D eigenvalue weighted by Gasteiger charge is 2.54. The molecule has 31 heavy (non-hydrogen) atoms. The number of halogens is 1. The van der Waals surface area contributed by atoms with Crippen LogP contribution in [-0.2, 0) is 19.6 Å². The Kier molecular flexibility index (Phi) is 9.38. The van der Waals surface area contributed by atoms with Gasteiger partial charge < -0.3 is 14.4 Å². The number of carbonyl (C=O) groups is 1. The van der Waals surface area contributed by atoms with Gasteiger partial charge in [-0.15, -0.1) is 12.4 Å². The maximum absolute atomic E-state index is 13.4. The van der Waals surface area contributed by atoms with Crippen molar-refractivity contribution in [3.8, 4) is 5.75 Å². The summed E-state index contributed by atoms with van der Waals surface area (Å²) in [7, 11) is -3.96. The van der Waals surface area contributed by atoms with E-state index in [4.69, 9.17) is 14.7 Å². The lowest BCUT2D eigenvalue weighted by atomic mass is 9.98. The minimum absolute atomic E-state index is 0. The van der Waals surface area contributed by atoms with Gasteiger partial charge in [-0.2, -0.15) is 4.31 Å². The van der Waals surface area contributed by atoms with Crippen LogP contribution in [0.4, 0.5) is 5.69 Å². The molecule has 0 atom stereocenters. The lowest BCUT2D eigenvalue weighted by Crippen LogP contribution is -2.62. The van der Waals surface area contributed by atoms with E-state index in [1.54, 1.807) is 5.48 Å². The standard InChI is InChI=1S/C20H31N3O6S.ClH/c1-2-3-13-29-18-6-4-5-17(16-18)22-9-11-23(12-10-22)30(26,27)20(19(24)21-25)7-14-28-15-8-20;/h4-6,16,25H,2-3,7-15H2,1H3,(H,21,24);1H. The Balaban J connectivity index is 0.00000341. The summed E-state index contributed by atoms with van der Waals surface area (Å²) in [4.78, 5) is 14.5. The zero-order valence-electron chi connectivity index (χ0n) is 17.8. The fraction of sp³-hybridized carbons (Fsp3) is 0.650. The quantitative estimate of drug-likeness (QED) is 0.334. The maximum Gasteiger partial charge on any atom is 0.266 e. The molecular formula is C20H32ClN3O6S. The molecule has 2 heterocycles. The number of piperazine rings is 1. The van der Waals surface area contributed by atoms with Gasteiger partial charge in [0, 0.05) is 64.0 Å². The average Bonchev–Trinajstić information content (AvgIpc) is 2.79. The van der Waals surface area contributed by atoms with Gasteiger partial charge in [-0.25, -0.2) is 13.9 Å². The zero-order chi connectivity index (χ0) is 21.6. The van der Waals surface area contributed by atoms with Gasteiger partial charge in [0.25, 0.3) is 5.91 Å². The molecule has 1 aromatic carbocycles. The Hall–Kier alpha value is -1.59. The number of anilines is 1. The second-order valence-corrected chi connectivity index (χ2v) is 9.89. The number of benzene rings is 1. The van der Waals surface area contributed by atoms with Crippen molar-refractivity contribution in [2.45, 2.75) is 37.4 Å². The van der Waals surface area contributed by atoms with Crippen LogP contribution in [0.25, 0.3) is 0 Å². The summed E-state index contributed by atoms with van der Waals surface area (Å²) >= 11 is 0. The summed E-state index contributed by atoms with van der Waals surface area (Å²) in [6, 6.07) is 7.81. The molecule has 1 aromatic rings. The van der Waals surface area contributed by atoms with Crippen LogP contribution in [0.1, 0.15) is 32.6 Å². The largest absolute Gasteiger partial charge is 0.494 e. The number of hydrogen-bond acceptors (Lipinski definition) is 7. The number of hydroxylamine groups is 1. The second-order valence-electron chi connectivity index (χ2n) is 7.64. The lowest BCUT2D eigenvalue weighted by molar-refractivity contribution is -0.134. The third-order valence-corrected chi connectivity index (χ3v) is 8.46. The summed E-state index contributed by atoms with van der Waals surface area (Å²) < 4.78 is 37.4. The number of amides is 1. The zero-order valence-corrected chi connectivity index (χ0v) is 19.4. The number of nitrogens with zero attached hydrogens (tertiary/aromatic N) is 2. The summed E-state index contributed by atoms with van der Waals surface area (Å²) in [6.45, 7) is 4.66. The summed E-state index contributed by atoms with van der Waals surface area (Å²) in [6.07, 6.45) is 2.12. The van der Waals surface area contributed by atoms with Crippen LogP contribution in [0.5, 0.6) is 5.75 Å². The van der Waals surface area contributed by atoms with Gasteiger partial charge in [-0.3, -0.25) is 10.0 Å². The number of ether oxygens (including phenoxy) is 2. The molecule has 0 spiro atoms. The van der Waals surface area contributed by atoms with Crippen LogP contribution in [-0.4, -0.2) is 74.6 Å². The Morgan fingerprint density at radius 2 is 1.90 bits per heavy atom. The molecule has 2 aliphatic heterocycles. The minimum atomic E-state index is -3.96. The van der Waals surface area contributed by atoms with E-state index in [1.165, 1.54) is 4.31 Å². The lowest BCUT2D eigenvalue weighted by Gasteiger charge is -2.42. The van der Waals surface area contributed by atoms with Gasteiger partial charge in [0.15, 0.2) is 4.75 Å². The second kappa shape index (κ2) is 11.3. The van der Waals surface area contributed by atoms with Crippen molar-refractivity contribution in [1.82, 2.24) is 9.79 Å². The molecule has 0 aromatic heterocycles. The molecule has 0 saturated carbocycles. The molecular weight excluding hydrogens is 446 g/mol. The van der Waals surface area contributed by atoms with E-state index in [9.17, 15) is 13.2 Å². The van der Waals surface area contributed by atoms with Crippen molar-refractivity contribution >= 4 is 34.0 Å². The van der Waals surface area contributed by atoms with Crippen LogP contribution in [0.3, 0.4) is 0 Å². The molecule has 2 N–H and O–H groups in total. The van der Waals surface area contributed by atoms with E-state index in [2.05, 4.69) is 11.8 Å². The summed E-state index contributed by atoms with van der Waals surface area (Å²) in [5.41, 5.74) is 2.54. The van der Waals surface area contributed by atoms with E-state index in [0.29, 0.717) is 19.7 Å². The van der Waals surface area contributed by atoms with E-state index < -0.39 is 20.7 Å². The van der Waals surface area contributed by atoms with Crippen molar-refractivity contribution in [1.29, 1.82) is 0 Å². The average molecular weight is 478 g/mol. The number of nitrogens with one attached hydrogen (secondary N) is 1. The number of rotatable bonds is 8. The molecule has 2 fully saturated rings. The van der Waals surface area contributed by atoms with Crippen molar-refractivity contribution in [2.24, 2.45) is 0 Å². The van der Waals surface area contributed by atoms with Gasteiger partial charge in [0.05, 0.1) is 6.61 Å². The van der Waals surface area contributed by atoms with Gasteiger partial charge in [-0.1, -0.05) is 19.4 Å². The van der Waals surface area contributed by atoms with Gasteiger partial charge in [-0.05, 0) is 18.6 Å². The first-order valence-electron chi connectivity index (χ1n) is 10.4. The molecule has 0 aliphatic carbocycles. The van der Waals surface area contributed by atoms with Crippen molar-refractivity contribution < 1.29 is 27.9 Å². The predicted molar refractivity (Wildman–Crippen MR) is 120 cm³/mol. The third kappa shape index (κ3) is 5.43. The minimum Gasteiger partial charge on any atom is -0.494 e. The highest BCUT2D eigenvalue weighted by Crippen LogP contribution is 2.34. The first kappa shape index (κ1) is 25.7. The predicted octanol–water partition coefficient (Wildman–Crippen LogP) is 1.79. The normalized spacial score (nSPS) is 19.4. The van der Waals surface area contributed by atoms with Crippen LogP contribution in [0, 0.1) is 0 Å². The van der Waals surface area contributed by atoms with E-state index >= 15 is 0 Å². The monoisotopic (exact) mass is 477 g/mol. The Morgan fingerprint density at radius 3 is 2.52 bits per heavy atom. The molecule has 9 nitrogen and oxygen atoms in total. The highest BCUT2D eigenvalue weighted by molar-refractivity contribution is 7.91. The van der Waals surface area contributed by atoms with E-state index in [0.717, 1.165) is 24.3 Å². The Morgan fingerprint density at radius 1 is 1.23 bits per heavy atom. The first-order chi connectivity index (χ1) is 14.4. The Labute approximate surface area is 190 Å². The van der Waals surface area contributed by atoms with Crippen LogP contribution in [0.2, 0.25) is 0 Å². The summed E-state index contributed by atoms with van der Waals surface area (Å²) in [5.74, 6) is -0.0815. The topological polar surface area (TPSA) is 108 Å². The van der Waals surface area contributed by atoms with Crippen LogP contribution in [0.15, 0.2) is 24.3 Å². The number of sulfonamides is 1. The first-order valence-corrected chi connectivity index (χ1v) is 11.9. The van der Waals surface area contributed by atoms with Crippen LogP contribution >= 0.6 is 12.4 Å². The molecule has 0 radical (unpaired) electrons. The fourth-order valence-corrected chi connectivity index (χ4v) is 6.04. The number of carbonyl (C=O) groups excluding carboxylic acids is 1. The van der Waals surface area contributed by atoms with Crippen molar-refractivity contribution in [2.75, 3.05) is 50.9 Å². The molecule has 3 rings (SSSR count). The fourth-order valence-electron chi connectivity index (χ4n) is 3.94. The molecule has 2 saturated heterocycles. The van der Waals surface area contributed by atoms with Gasteiger partial charge in [0.1, 0.15) is 5.75 Å².